The monoisotopic (exact) mass is 425 g/mol. The fourth-order valence-electron chi connectivity index (χ4n) is 3.06. The van der Waals surface area contributed by atoms with E-state index in [4.69, 9.17) is 4.74 Å². The summed E-state index contributed by atoms with van der Waals surface area (Å²) in [7, 11) is 0. The third kappa shape index (κ3) is 6.46. The fraction of sp³-hybridized carbons (Fsp3) is 0.750. The van der Waals surface area contributed by atoms with Crippen molar-refractivity contribution in [2.24, 2.45) is 0 Å². The lowest BCUT2D eigenvalue weighted by Crippen LogP contribution is -2.42. The third-order valence-electron chi connectivity index (χ3n) is 4.04. The second kappa shape index (κ2) is 8.41. The molecule has 2 rings (SSSR count). The van der Waals surface area contributed by atoms with Crippen molar-refractivity contribution in [2.45, 2.75) is 64.1 Å². The lowest BCUT2D eigenvalue weighted by Gasteiger charge is -2.25. The number of rotatable bonds is 5. The molecular weight excluding hydrogens is 402 g/mol. The highest BCUT2D eigenvalue weighted by Crippen LogP contribution is 2.34. The van der Waals surface area contributed by atoms with Crippen molar-refractivity contribution in [1.29, 1.82) is 0 Å². The van der Waals surface area contributed by atoms with E-state index in [9.17, 15) is 32.5 Å². The Labute approximate surface area is 164 Å². The van der Waals surface area contributed by atoms with Gasteiger partial charge in [-0.15, -0.1) is 0 Å². The third-order valence-corrected chi connectivity index (χ3v) is 4.04. The largest absolute Gasteiger partial charge is 0.444 e. The van der Waals surface area contributed by atoms with Gasteiger partial charge in [-0.2, -0.15) is 5.10 Å². The molecule has 0 aliphatic carbocycles. The number of nitrogens with zero attached hydrogens (tertiary/aromatic N) is 4. The van der Waals surface area contributed by atoms with Gasteiger partial charge in [0, 0.05) is 19.0 Å². The van der Waals surface area contributed by atoms with Crippen molar-refractivity contribution in [3.63, 3.8) is 0 Å². The Kier molecular flexibility index (Phi) is 6.58. The van der Waals surface area contributed by atoms with Crippen molar-refractivity contribution in [3.8, 4) is 0 Å². The molecule has 1 aromatic heterocycles. The number of halogens is 4. The normalized spacial score (nSPS) is 19.7. The first-order valence-corrected chi connectivity index (χ1v) is 8.88. The zero-order valence-electron chi connectivity index (χ0n) is 16.2. The average molecular weight is 425 g/mol. The summed E-state index contributed by atoms with van der Waals surface area (Å²) in [5.41, 5.74) is -1.45. The molecule has 1 saturated heterocycles. The number of carbonyl (C=O) groups excluding carboxylic acids is 1. The molecule has 0 radical (unpaired) electrons. The molecule has 1 aromatic rings. The molecule has 9 nitrogen and oxygen atoms in total. The first kappa shape index (κ1) is 22.7. The van der Waals surface area contributed by atoms with Gasteiger partial charge < -0.3 is 15.0 Å². The Hall–Kier alpha value is -2.60. The van der Waals surface area contributed by atoms with E-state index in [1.807, 2.05) is 0 Å². The van der Waals surface area contributed by atoms with Crippen LogP contribution in [0.4, 0.5) is 33.9 Å². The Bertz CT molecular complexity index is 750. The summed E-state index contributed by atoms with van der Waals surface area (Å²) in [6.45, 7) is 2.84. The van der Waals surface area contributed by atoms with E-state index in [1.165, 1.54) is 0 Å². The maximum absolute atomic E-state index is 14.5. The highest BCUT2D eigenvalue weighted by Gasteiger charge is 2.41. The van der Waals surface area contributed by atoms with Crippen molar-refractivity contribution in [1.82, 2.24) is 15.1 Å². The van der Waals surface area contributed by atoms with Crippen LogP contribution >= 0.6 is 0 Å². The molecule has 1 aliphatic heterocycles. The van der Waals surface area contributed by atoms with Crippen LogP contribution in [-0.2, 0) is 11.3 Å². The van der Waals surface area contributed by atoms with Gasteiger partial charge in [0.1, 0.15) is 18.3 Å². The van der Waals surface area contributed by atoms with E-state index in [1.54, 1.807) is 20.8 Å². The molecule has 0 spiro atoms. The van der Waals surface area contributed by atoms with E-state index in [0.717, 1.165) is 11.1 Å². The van der Waals surface area contributed by atoms with Crippen LogP contribution < -0.4 is 10.2 Å². The summed E-state index contributed by atoms with van der Waals surface area (Å²) < 4.78 is 60.3. The zero-order valence-corrected chi connectivity index (χ0v) is 16.2. The minimum absolute atomic E-state index is 0.00580. The number of alkyl halides is 4. The molecule has 1 unspecified atom stereocenters. The molecule has 0 bridgehead atoms. The number of hydrogen-bond donors (Lipinski definition) is 1. The topological polar surface area (TPSA) is 103 Å². The van der Waals surface area contributed by atoms with Crippen LogP contribution in [0.2, 0.25) is 0 Å². The van der Waals surface area contributed by atoms with Gasteiger partial charge in [0.15, 0.2) is 0 Å². The zero-order chi connectivity index (χ0) is 22.0. The van der Waals surface area contributed by atoms with E-state index in [0.29, 0.717) is 4.68 Å². The number of nitro groups is 1. The lowest BCUT2D eigenvalue weighted by atomic mass is 10.1. The van der Waals surface area contributed by atoms with Crippen molar-refractivity contribution in [2.75, 3.05) is 18.0 Å². The Balaban J connectivity index is 2.24. The van der Waals surface area contributed by atoms with Crippen LogP contribution in [0.25, 0.3) is 0 Å². The summed E-state index contributed by atoms with van der Waals surface area (Å²) in [4.78, 5) is 23.2. The van der Waals surface area contributed by atoms with Gasteiger partial charge in [-0.05, 0) is 27.2 Å². The second-order valence-corrected chi connectivity index (χ2v) is 7.80. The van der Waals surface area contributed by atoms with Crippen LogP contribution in [0, 0.1) is 10.1 Å². The maximum atomic E-state index is 14.5. The van der Waals surface area contributed by atoms with E-state index < -0.39 is 66.0 Å². The molecule has 1 fully saturated rings. The molecule has 13 heteroatoms. The van der Waals surface area contributed by atoms with Crippen LogP contribution in [0.3, 0.4) is 0 Å². The molecule has 29 heavy (non-hydrogen) atoms. The average Bonchev–Trinajstić information content (AvgIpc) is 2.85. The van der Waals surface area contributed by atoms with Crippen LogP contribution in [0.15, 0.2) is 6.20 Å². The standard InChI is InChI=1S/C16H23F4N5O4/c1-15(2,3)29-14(26)22-10-4-5-23(9-16(19,20)6-10)13-11(25(27)28)7-21-24(13)8-12(17)18/h7,10,12H,4-6,8-9H2,1-3H3,(H,22,26). The molecule has 1 aliphatic rings. The van der Waals surface area contributed by atoms with Gasteiger partial charge in [0.25, 0.3) is 12.3 Å². The predicted molar refractivity (Wildman–Crippen MR) is 94.4 cm³/mol. The van der Waals surface area contributed by atoms with Gasteiger partial charge in [-0.3, -0.25) is 10.1 Å². The highest BCUT2D eigenvalue weighted by molar-refractivity contribution is 5.68. The van der Waals surface area contributed by atoms with E-state index in [2.05, 4.69) is 10.4 Å². The summed E-state index contributed by atoms with van der Waals surface area (Å²) >= 11 is 0. The lowest BCUT2D eigenvalue weighted by molar-refractivity contribution is -0.384. The van der Waals surface area contributed by atoms with Gasteiger partial charge in [-0.1, -0.05) is 0 Å². The summed E-state index contributed by atoms with van der Waals surface area (Å²) in [6, 6.07) is -0.963. The van der Waals surface area contributed by atoms with Crippen LogP contribution in [-0.4, -0.2) is 57.9 Å². The molecule has 164 valence electrons. The SMILES string of the molecule is CC(C)(C)OC(=O)NC1CCN(c2c([N+](=O)[O-])cnn2CC(F)F)CC(F)(F)C1. The Morgan fingerprint density at radius 3 is 2.69 bits per heavy atom. The Morgan fingerprint density at radius 2 is 2.14 bits per heavy atom. The molecule has 0 aromatic carbocycles. The maximum Gasteiger partial charge on any atom is 0.407 e. The number of carbonyl (C=O) groups is 1. The minimum atomic E-state index is -3.34. The highest BCUT2D eigenvalue weighted by atomic mass is 19.3. The summed E-state index contributed by atoms with van der Waals surface area (Å²) in [5, 5.41) is 17.2. The number of amides is 1. The van der Waals surface area contributed by atoms with E-state index >= 15 is 0 Å². The molecular formula is C16H23F4N5O4. The molecule has 2 heterocycles. The quantitative estimate of drug-likeness (QED) is 0.442. The number of ether oxygens (including phenoxy) is 1. The van der Waals surface area contributed by atoms with E-state index in [-0.39, 0.29) is 13.0 Å². The van der Waals surface area contributed by atoms with Crippen molar-refractivity contribution in [3.05, 3.63) is 16.3 Å². The van der Waals surface area contributed by atoms with Gasteiger partial charge in [0.05, 0.1) is 11.5 Å². The first-order valence-electron chi connectivity index (χ1n) is 8.88. The molecule has 1 amide bonds. The summed E-state index contributed by atoms with van der Waals surface area (Å²) in [5.74, 6) is -3.75. The number of aromatic nitrogens is 2. The number of alkyl carbamates (subject to hydrolysis) is 1. The summed E-state index contributed by atoms with van der Waals surface area (Å²) in [6.07, 6.45) is -3.69. The van der Waals surface area contributed by atoms with Gasteiger partial charge in [-0.25, -0.2) is 27.0 Å². The smallest absolute Gasteiger partial charge is 0.407 e. The van der Waals surface area contributed by atoms with Crippen molar-refractivity contribution < 1.29 is 32.0 Å². The van der Waals surface area contributed by atoms with Crippen molar-refractivity contribution >= 4 is 17.6 Å². The first-order chi connectivity index (χ1) is 13.3. The van der Waals surface area contributed by atoms with Gasteiger partial charge >= 0.3 is 11.8 Å². The number of nitrogens with one attached hydrogen (secondary N) is 1. The van der Waals surface area contributed by atoms with Crippen LogP contribution in [0.1, 0.15) is 33.6 Å². The van der Waals surface area contributed by atoms with Gasteiger partial charge in [0.2, 0.25) is 5.82 Å². The van der Waals surface area contributed by atoms with Crippen LogP contribution in [0.5, 0.6) is 0 Å². The number of anilines is 1. The predicted octanol–water partition coefficient (Wildman–Crippen LogP) is 3.19. The second-order valence-electron chi connectivity index (χ2n) is 7.80. The molecule has 1 N–H and O–H groups in total. The number of hydrogen-bond acceptors (Lipinski definition) is 6. The molecule has 0 saturated carbocycles. The Morgan fingerprint density at radius 1 is 1.48 bits per heavy atom. The fourth-order valence-corrected chi connectivity index (χ4v) is 3.06. The minimum Gasteiger partial charge on any atom is -0.444 e. The molecule has 1 atom stereocenters.